The van der Waals surface area contributed by atoms with Gasteiger partial charge in [0.1, 0.15) is 6.29 Å². The van der Waals surface area contributed by atoms with E-state index in [2.05, 4.69) is 31.2 Å². The fourth-order valence-corrected chi connectivity index (χ4v) is 1.50. The average Bonchev–Trinajstić information content (AvgIpc) is 2.25. The zero-order valence-corrected chi connectivity index (χ0v) is 8.83. The molecule has 1 nitrogen and oxygen atoms in total. The van der Waals surface area contributed by atoms with Gasteiger partial charge < -0.3 is 4.79 Å². The van der Waals surface area contributed by atoms with Gasteiger partial charge in [-0.25, -0.2) is 0 Å². The molecule has 0 fully saturated rings. The van der Waals surface area contributed by atoms with E-state index in [9.17, 15) is 4.79 Å². The van der Waals surface area contributed by atoms with Crippen LogP contribution in [-0.2, 0) is 17.6 Å². The fraction of sp³-hybridized carbons (Fsp3) is 0.462. The number of hydrogen-bond donors (Lipinski definition) is 0. The number of hydrogen-bond acceptors (Lipinski definition) is 1. The summed E-state index contributed by atoms with van der Waals surface area (Å²) in [5.41, 5.74) is 2.77. The van der Waals surface area contributed by atoms with Crippen molar-refractivity contribution in [2.45, 2.75) is 39.0 Å². The van der Waals surface area contributed by atoms with E-state index < -0.39 is 0 Å². The van der Waals surface area contributed by atoms with E-state index in [1.807, 2.05) is 0 Å². The van der Waals surface area contributed by atoms with Crippen LogP contribution in [0.5, 0.6) is 0 Å². The molecule has 0 amide bonds. The van der Waals surface area contributed by atoms with Crippen molar-refractivity contribution in [3.63, 3.8) is 0 Å². The van der Waals surface area contributed by atoms with Crippen LogP contribution in [0.4, 0.5) is 0 Å². The van der Waals surface area contributed by atoms with Gasteiger partial charge in [-0.15, -0.1) is 0 Å². The lowest BCUT2D eigenvalue weighted by atomic mass is 10.0. The van der Waals surface area contributed by atoms with Crippen LogP contribution >= 0.6 is 0 Å². The topological polar surface area (TPSA) is 17.1 Å². The number of aldehydes is 1. The Labute approximate surface area is 86.1 Å². The molecule has 0 N–H and O–H groups in total. The molecule has 1 aromatic rings. The second-order valence-corrected chi connectivity index (χ2v) is 3.58. The maximum atomic E-state index is 10.1. The van der Waals surface area contributed by atoms with Crippen LogP contribution < -0.4 is 0 Å². The molecular formula is C13H18O. The summed E-state index contributed by atoms with van der Waals surface area (Å²) in [5.74, 6) is 0. The predicted octanol–water partition coefficient (Wildman–Crippen LogP) is 3.16. The van der Waals surface area contributed by atoms with Gasteiger partial charge in [0.2, 0.25) is 0 Å². The molecule has 0 bridgehead atoms. The van der Waals surface area contributed by atoms with Crippen molar-refractivity contribution in [1.29, 1.82) is 0 Å². The van der Waals surface area contributed by atoms with Gasteiger partial charge >= 0.3 is 0 Å². The van der Waals surface area contributed by atoms with Crippen LogP contribution in [0.2, 0.25) is 0 Å². The van der Waals surface area contributed by atoms with Crippen molar-refractivity contribution in [1.82, 2.24) is 0 Å². The second kappa shape index (κ2) is 6.36. The van der Waals surface area contributed by atoms with Crippen LogP contribution in [0.1, 0.15) is 37.3 Å². The Hall–Kier alpha value is -1.11. The Morgan fingerprint density at radius 3 is 2.29 bits per heavy atom. The number of carbonyl (C=O) groups excluding carboxylic acids is 1. The van der Waals surface area contributed by atoms with Crippen molar-refractivity contribution in [3.05, 3.63) is 35.4 Å². The summed E-state index contributed by atoms with van der Waals surface area (Å²) in [6.07, 6.45) is 6.03. The molecule has 1 heteroatoms. The van der Waals surface area contributed by atoms with Crippen molar-refractivity contribution in [2.75, 3.05) is 0 Å². The molecule has 0 aromatic heterocycles. The van der Waals surface area contributed by atoms with Gasteiger partial charge in [0, 0.05) is 6.42 Å². The Morgan fingerprint density at radius 2 is 1.71 bits per heavy atom. The molecule has 0 atom stereocenters. The van der Waals surface area contributed by atoms with Gasteiger partial charge in [-0.3, -0.25) is 0 Å². The second-order valence-electron chi connectivity index (χ2n) is 3.58. The molecule has 14 heavy (non-hydrogen) atoms. The zero-order valence-electron chi connectivity index (χ0n) is 8.83. The summed E-state index contributed by atoms with van der Waals surface area (Å²) < 4.78 is 0. The third-order valence-electron chi connectivity index (χ3n) is 2.47. The number of carbonyl (C=O) groups is 1. The Morgan fingerprint density at radius 1 is 1.07 bits per heavy atom. The normalized spacial score (nSPS) is 10.1. The molecule has 0 saturated heterocycles. The van der Waals surface area contributed by atoms with E-state index in [-0.39, 0.29) is 0 Å². The summed E-state index contributed by atoms with van der Waals surface area (Å²) in [6.45, 7) is 2.17. The third-order valence-corrected chi connectivity index (χ3v) is 2.47. The summed E-state index contributed by atoms with van der Waals surface area (Å²) in [6, 6.07) is 8.77. The van der Waals surface area contributed by atoms with Gasteiger partial charge in [-0.1, -0.05) is 31.2 Å². The highest BCUT2D eigenvalue weighted by Gasteiger charge is 1.93. The summed E-state index contributed by atoms with van der Waals surface area (Å²) >= 11 is 0. The van der Waals surface area contributed by atoms with Gasteiger partial charge in [0.15, 0.2) is 0 Å². The largest absolute Gasteiger partial charge is 0.303 e. The molecule has 0 radical (unpaired) electrons. The maximum absolute atomic E-state index is 10.1. The fourth-order valence-electron chi connectivity index (χ4n) is 1.50. The minimum absolute atomic E-state index is 0.701. The van der Waals surface area contributed by atoms with Crippen molar-refractivity contribution < 1.29 is 4.79 Å². The molecule has 0 unspecified atom stereocenters. The predicted molar refractivity (Wildman–Crippen MR) is 59.4 cm³/mol. The number of aryl methyl sites for hydroxylation is 2. The van der Waals surface area contributed by atoms with Gasteiger partial charge in [-0.2, -0.15) is 0 Å². The number of benzene rings is 1. The highest BCUT2D eigenvalue weighted by atomic mass is 16.1. The van der Waals surface area contributed by atoms with E-state index in [4.69, 9.17) is 0 Å². The first kappa shape index (κ1) is 11.0. The lowest BCUT2D eigenvalue weighted by Crippen LogP contribution is -1.87. The first-order valence-corrected chi connectivity index (χ1v) is 5.38. The zero-order chi connectivity index (χ0) is 10.2. The molecule has 0 aliphatic heterocycles. The molecule has 76 valence electrons. The SMILES string of the molecule is CCc1ccc(CCCCC=O)cc1. The molecular weight excluding hydrogens is 172 g/mol. The molecule has 1 rings (SSSR count). The molecule has 0 aliphatic carbocycles. The van der Waals surface area contributed by atoms with Crippen LogP contribution in [0.15, 0.2) is 24.3 Å². The maximum Gasteiger partial charge on any atom is 0.119 e. The highest BCUT2D eigenvalue weighted by Crippen LogP contribution is 2.08. The van der Waals surface area contributed by atoms with Crippen LogP contribution in [0.3, 0.4) is 0 Å². The average molecular weight is 190 g/mol. The summed E-state index contributed by atoms with van der Waals surface area (Å²) in [4.78, 5) is 10.1. The molecule has 0 heterocycles. The Bertz CT molecular complexity index is 261. The van der Waals surface area contributed by atoms with E-state index in [1.54, 1.807) is 0 Å². The van der Waals surface area contributed by atoms with Gasteiger partial charge in [0.05, 0.1) is 0 Å². The van der Waals surface area contributed by atoms with E-state index >= 15 is 0 Å². The van der Waals surface area contributed by atoms with Crippen LogP contribution in [-0.4, -0.2) is 6.29 Å². The van der Waals surface area contributed by atoms with Crippen molar-refractivity contribution in [3.8, 4) is 0 Å². The van der Waals surface area contributed by atoms with Crippen molar-refractivity contribution in [2.24, 2.45) is 0 Å². The van der Waals surface area contributed by atoms with Crippen LogP contribution in [0.25, 0.3) is 0 Å². The lowest BCUT2D eigenvalue weighted by molar-refractivity contribution is -0.107. The standard InChI is InChI=1S/C13H18O/c1-2-12-7-9-13(10-8-12)6-4-3-5-11-14/h7-11H,2-6H2,1H3. The Balaban J connectivity index is 2.32. The summed E-state index contributed by atoms with van der Waals surface area (Å²) in [5, 5.41) is 0. The first-order valence-electron chi connectivity index (χ1n) is 5.38. The van der Waals surface area contributed by atoms with Crippen molar-refractivity contribution >= 4 is 6.29 Å². The number of unbranched alkanes of at least 4 members (excludes halogenated alkanes) is 2. The highest BCUT2D eigenvalue weighted by molar-refractivity contribution is 5.48. The van der Waals surface area contributed by atoms with E-state index in [0.717, 1.165) is 32.0 Å². The quantitative estimate of drug-likeness (QED) is 0.497. The van der Waals surface area contributed by atoms with Crippen LogP contribution in [0, 0.1) is 0 Å². The number of rotatable bonds is 6. The molecule has 0 spiro atoms. The van der Waals surface area contributed by atoms with E-state index in [0.29, 0.717) is 6.42 Å². The monoisotopic (exact) mass is 190 g/mol. The lowest BCUT2D eigenvalue weighted by Gasteiger charge is -2.01. The van der Waals surface area contributed by atoms with Gasteiger partial charge in [0.25, 0.3) is 0 Å². The van der Waals surface area contributed by atoms with E-state index in [1.165, 1.54) is 11.1 Å². The minimum Gasteiger partial charge on any atom is -0.303 e. The smallest absolute Gasteiger partial charge is 0.119 e. The summed E-state index contributed by atoms with van der Waals surface area (Å²) in [7, 11) is 0. The molecule has 1 aromatic carbocycles. The minimum atomic E-state index is 0.701. The first-order chi connectivity index (χ1) is 6.86. The molecule has 0 saturated carbocycles. The molecule has 0 aliphatic rings. The van der Waals surface area contributed by atoms with Gasteiger partial charge in [-0.05, 0) is 36.8 Å². The Kier molecular flexibility index (Phi) is 4.98. The third kappa shape index (κ3) is 3.73.